The monoisotopic (exact) mass is 337 g/mol. The molecule has 0 amide bonds. The Hall–Kier alpha value is -3.49. The van der Waals surface area contributed by atoms with Crippen LogP contribution >= 0.6 is 0 Å². The van der Waals surface area contributed by atoms with Crippen molar-refractivity contribution in [1.82, 2.24) is 29.5 Å². The van der Waals surface area contributed by atoms with E-state index >= 15 is 0 Å². The normalized spacial score (nSPS) is 11.3. The van der Waals surface area contributed by atoms with Gasteiger partial charge in [-0.2, -0.15) is 0 Å². The third-order valence-electron chi connectivity index (χ3n) is 3.81. The highest BCUT2D eigenvalue weighted by Gasteiger charge is 2.16. The van der Waals surface area contributed by atoms with Crippen molar-refractivity contribution in [3.05, 3.63) is 52.3 Å². The van der Waals surface area contributed by atoms with Gasteiger partial charge in [0.2, 0.25) is 5.89 Å². The molecule has 0 aliphatic heterocycles. The number of aryl methyl sites for hydroxylation is 2. The Kier molecular flexibility index (Phi) is 3.34. The van der Waals surface area contributed by atoms with Crippen LogP contribution in [0, 0.1) is 13.8 Å². The number of aromatic amines is 1. The molecule has 0 aliphatic rings. The lowest BCUT2D eigenvalue weighted by Crippen LogP contribution is -2.17. The number of nitrogens with one attached hydrogen (secondary N) is 1. The lowest BCUT2D eigenvalue weighted by atomic mass is 10.2. The van der Waals surface area contributed by atoms with E-state index in [1.54, 1.807) is 30.0 Å². The van der Waals surface area contributed by atoms with Gasteiger partial charge < -0.3 is 15.1 Å². The number of pyridine rings is 1. The number of anilines is 1. The Bertz CT molecular complexity index is 1120. The van der Waals surface area contributed by atoms with Gasteiger partial charge >= 0.3 is 5.69 Å². The summed E-state index contributed by atoms with van der Waals surface area (Å²) in [5.41, 5.74) is 8.81. The van der Waals surface area contributed by atoms with Crippen molar-refractivity contribution in [2.45, 2.75) is 20.4 Å². The second kappa shape index (κ2) is 5.55. The fourth-order valence-corrected chi connectivity index (χ4v) is 2.60. The van der Waals surface area contributed by atoms with Crippen molar-refractivity contribution in [2.24, 2.45) is 0 Å². The molecule has 4 heterocycles. The molecule has 25 heavy (non-hydrogen) atoms. The van der Waals surface area contributed by atoms with E-state index in [4.69, 9.17) is 10.2 Å². The highest BCUT2D eigenvalue weighted by Crippen LogP contribution is 2.24. The number of aromatic nitrogens is 6. The van der Waals surface area contributed by atoms with E-state index in [1.807, 2.05) is 6.92 Å². The van der Waals surface area contributed by atoms with E-state index in [-0.39, 0.29) is 11.5 Å². The molecular weight excluding hydrogens is 322 g/mol. The first-order valence-electron chi connectivity index (χ1n) is 7.60. The molecule has 4 rings (SSSR count). The topological polar surface area (TPSA) is 129 Å². The van der Waals surface area contributed by atoms with Crippen LogP contribution in [0.3, 0.4) is 0 Å². The summed E-state index contributed by atoms with van der Waals surface area (Å²) in [7, 11) is 0. The number of hydrogen-bond acceptors (Lipinski definition) is 7. The van der Waals surface area contributed by atoms with Crippen molar-refractivity contribution in [1.29, 1.82) is 0 Å². The van der Waals surface area contributed by atoms with Crippen LogP contribution in [-0.4, -0.2) is 29.5 Å². The molecule has 3 N–H and O–H groups in total. The van der Waals surface area contributed by atoms with Crippen LogP contribution < -0.4 is 11.4 Å². The number of nitrogen functional groups attached to an aromatic ring is 1. The molecule has 0 fully saturated rings. The second-order valence-electron chi connectivity index (χ2n) is 5.74. The van der Waals surface area contributed by atoms with Gasteiger partial charge in [0.05, 0.1) is 17.8 Å². The fraction of sp³-hybridized carbons (Fsp3) is 0.188. The van der Waals surface area contributed by atoms with Crippen LogP contribution in [0.5, 0.6) is 0 Å². The van der Waals surface area contributed by atoms with E-state index in [0.717, 1.165) is 11.3 Å². The molecule has 0 aliphatic carbocycles. The molecule has 0 bridgehead atoms. The summed E-state index contributed by atoms with van der Waals surface area (Å²) >= 11 is 0. The number of rotatable bonds is 3. The maximum atomic E-state index is 12.4. The Morgan fingerprint density at radius 3 is 2.68 bits per heavy atom. The van der Waals surface area contributed by atoms with Gasteiger partial charge in [-0.25, -0.2) is 24.7 Å². The number of fused-ring (bicyclic) bond motifs is 1. The molecule has 126 valence electrons. The number of nitrogens with zero attached hydrogens (tertiary/aromatic N) is 5. The van der Waals surface area contributed by atoms with Gasteiger partial charge in [0.25, 0.3) is 0 Å². The molecule has 9 nitrogen and oxygen atoms in total. The number of H-pyrrole nitrogens is 1. The van der Waals surface area contributed by atoms with Crippen molar-refractivity contribution < 1.29 is 4.42 Å². The van der Waals surface area contributed by atoms with Gasteiger partial charge in [-0.3, -0.25) is 4.57 Å². The Labute approximate surface area is 141 Å². The first-order valence-corrected chi connectivity index (χ1v) is 7.60. The third kappa shape index (κ3) is 2.65. The van der Waals surface area contributed by atoms with Crippen LogP contribution in [0.15, 0.2) is 33.9 Å². The van der Waals surface area contributed by atoms with Crippen molar-refractivity contribution in [2.75, 3.05) is 5.73 Å². The maximum Gasteiger partial charge on any atom is 0.326 e. The standard InChI is InChI=1S/C16H15N7O2/c1-8-7-25-15(20-8)11-3-12-13(14(17)21-11)22-16(24)23(12)6-10-4-18-9(2)19-5-10/h3-5,7H,6H2,1-2H3,(H2,17,21)(H,22,24). The van der Waals surface area contributed by atoms with E-state index in [0.29, 0.717) is 35.0 Å². The summed E-state index contributed by atoms with van der Waals surface area (Å²) in [5, 5.41) is 0. The highest BCUT2D eigenvalue weighted by molar-refractivity contribution is 5.87. The zero-order valence-electron chi connectivity index (χ0n) is 13.6. The number of hydrogen-bond donors (Lipinski definition) is 2. The number of imidazole rings is 1. The molecule has 0 unspecified atom stereocenters. The Balaban J connectivity index is 1.86. The minimum atomic E-state index is -0.287. The van der Waals surface area contributed by atoms with Gasteiger partial charge in [0, 0.05) is 18.0 Å². The van der Waals surface area contributed by atoms with Crippen LogP contribution in [0.1, 0.15) is 17.1 Å². The molecule has 0 aromatic carbocycles. The van der Waals surface area contributed by atoms with Gasteiger partial charge in [0.1, 0.15) is 29.1 Å². The lowest BCUT2D eigenvalue weighted by molar-refractivity contribution is 0.571. The largest absolute Gasteiger partial charge is 0.443 e. The smallest absolute Gasteiger partial charge is 0.326 e. The van der Waals surface area contributed by atoms with Crippen molar-refractivity contribution in [3.63, 3.8) is 0 Å². The van der Waals surface area contributed by atoms with Crippen LogP contribution in [-0.2, 0) is 6.54 Å². The average Bonchev–Trinajstić information content (AvgIpc) is 3.15. The van der Waals surface area contributed by atoms with Gasteiger partial charge in [-0.15, -0.1) is 0 Å². The number of nitrogens with two attached hydrogens (primary N) is 1. The minimum absolute atomic E-state index is 0.208. The quantitative estimate of drug-likeness (QED) is 0.578. The van der Waals surface area contributed by atoms with Crippen LogP contribution in [0.4, 0.5) is 5.82 Å². The first-order chi connectivity index (χ1) is 12.0. The maximum absolute atomic E-state index is 12.4. The minimum Gasteiger partial charge on any atom is -0.443 e. The fourth-order valence-electron chi connectivity index (χ4n) is 2.60. The molecule has 0 radical (unpaired) electrons. The van der Waals surface area contributed by atoms with Crippen LogP contribution in [0.25, 0.3) is 22.6 Å². The summed E-state index contributed by atoms with van der Waals surface area (Å²) in [6, 6.07) is 1.73. The van der Waals surface area contributed by atoms with Gasteiger partial charge in [-0.05, 0) is 19.9 Å². The van der Waals surface area contributed by atoms with Crippen molar-refractivity contribution in [3.8, 4) is 11.6 Å². The van der Waals surface area contributed by atoms with E-state index in [9.17, 15) is 4.79 Å². The third-order valence-corrected chi connectivity index (χ3v) is 3.81. The van der Waals surface area contributed by atoms with E-state index in [1.165, 1.54) is 6.26 Å². The summed E-state index contributed by atoms with van der Waals surface area (Å²) in [5.74, 6) is 1.23. The first kappa shape index (κ1) is 15.1. The van der Waals surface area contributed by atoms with Gasteiger partial charge in [0.15, 0.2) is 0 Å². The molecule has 0 saturated carbocycles. The van der Waals surface area contributed by atoms with E-state index < -0.39 is 0 Å². The average molecular weight is 337 g/mol. The molecule has 0 spiro atoms. The van der Waals surface area contributed by atoms with Gasteiger partial charge in [-0.1, -0.05) is 0 Å². The number of oxazole rings is 1. The molecule has 9 heteroatoms. The highest BCUT2D eigenvalue weighted by atomic mass is 16.3. The molecular formula is C16H15N7O2. The summed E-state index contributed by atoms with van der Waals surface area (Å²) in [6.07, 6.45) is 4.91. The van der Waals surface area contributed by atoms with E-state index in [2.05, 4.69) is 24.9 Å². The van der Waals surface area contributed by atoms with Crippen LogP contribution in [0.2, 0.25) is 0 Å². The SMILES string of the molecule is Cc1coc(-c2cc3c([nH]c(=O)n3Cc3cnc(C)nc3)c(N)n2)n1. The Morgan fingerprint density at radius 1 is 1.24 bits per heavy atom. The molecule has 4 aromatic rings. The lowest BCUT2D eigenvalue weighted by Gasteiger charge is -2.05. The summed E-state index contributed by atoms with van der Waals surface area (Å²) < 4.78 is 6.94. The van der Waals surface area contributed by atoms with Crippen molar-refractivity contribution >= 4 is 16.9 Å². The predicted octanol–water partition coefficient (Wildman–Crippen LogP) is 1.42. The second-order valence-corrected chi connectivity index (χ2v) is 5.74. The summed E-state index contributed by atoms with van der Waals surface area (Å²) in [4.78, 5) is 31.9. The predicted molar refractivity (Wildman–Crippen MR) is 90.9 cm³/mol. The molecule has 4 aromatic heterocycles. The molecule has 0 atom stereocenters. The molecule has 0 saturated heterocycles. The zero-order valence-corrected chi connectivity index (χ0v) is 13.6. The zero-order chi connectivity index (χ0) is 17.6. The summed E-state index contributed by atoms with van der Waals surface area (Å²) in [6.45, 7) is 3.93. The Morgan fingerprint density at radius 2 is 2.00 bits per heavy atom.